The van der Waals surface area contributed by atoms with Crippen molar-refractivity contribution >= 4 is 33.3 Å². The van der Waals surface area contributed by atoms with Crippen molar-refractivity contribution in [3.63, 3.8) is 0 Å². The number of hydrogen-bond donors (Lipinski definition) is 7. The molecule has 1 fully saturated rings. The minimum atomic E-state index is -1.45. The van der Waals surface area contributed by atoms with Crippen LogP contribution < -0.4 is 21.3 Å². The first-order valence-electron chi connectivity index (χ1n) is 13.2. The first kappa shape index (κ1) is 30.0. The van der Waals surface area contributed by atoms with Crippen LogP contribution in [0.2, 0.25) is 0 Å². The van der Waals surface area contributed by atoms with Crippen LogP contribution in [0, 0.1) is 0 Å². The molecule has 3 heterocycles. The van der Waals surface area contributed by atoms with Crippen molar-refractivity contribution in [1.29, 1.82) is 0 Å². The Balaban J connectivity index is 0.000000221. The quantitative estimate of drug-likeness (QED) is 0.170. The summed E-state index contributed by atoms with van der Waals surface area (Å²) in [6, 6.07) is 12.1. The lowest BCUT2D eigenvalue weighted by Crippen LogP contribution is -2.63. The summed E-state index contributed by atoms with van der Waals surface area (Å²) in [6.07, 6.45) is -5.24. The molecular weight excluding hydrogens is 536 g/mol. The summed E-state index contributed by atoms with van der Waals surface area (Å²) in [7, 11) is 0. The molecule has 1 aliphatic heterocycles. The van der Waals surface area contributed by atoms with Gasteiger partial charge in [0, 0.05) is 42.7 Å². The van der Waals surface area contributed by atoms with Crippen LogP contribution in [-0.4, -0.2) is 86.9 Å². The Bertz CT molecular complexity index is 1620. The van der Waals surface area contributed by atoms with Gasteiger partial charge in [0.25, 0.3) is 11.1 Å². The molecule has 0 radical (unpaired) electrons. The van der Waals surface area contributed by atoms with Gasteiger partial charge >= 0.3 is 0 Å². The van der Waals surface area contributed by atoms with Gasteiger partial charge in [-0.15, -0.1) is 0 Å². The molecule has 1 amide bonds. The number of furan rings is 1. The van der Waals surface area contributed by atoms with E-state index >= 15 is 0 Å². The summed E-state index contributed by atoms with van der Waals surface area (Å²) in [5.74, 6) is 0.203. The minimum absolute atomic E-state index is 0.320. The number of carbonyl (C=O) groups is 1. The summed E-state index contributed by atoms with van der Waals surface area (Å²) in [4.78, 5) is 36.8. The standard InChI is InChI=1S/C20H19N3O3.C8H15NO6/c1-3-23(4-2)14-7-5-13-10-17(26-18(13)11-14)12-6-8-15-16(9-12)20(25)22-21-19(15)24;1-3(11)9-5-7(13)6(12)4(2-10)15-8(5)14/h5-11H,3-4H2,1-2H3,(H,21,24)(H,22,25);4-8,10,12-14H,2H2,1H3,(H,9,11)/t;4-,5-,6-,7-,8-/m.1/s1. The largest absolute Gasteiger partial charge is 0.456 e. The Hall–Kier alpha value is -4.01. The van der Waals surface area contributed by atoms with E-state index in [9.17, 15) is 29.7 Å². The number of rotatable bonds is 6. The number of aromatic nitrogens is 2. The van der Waals surface area contributed by atoms with Gasteiger partial charge < -0.3 is 39.8 Å². The molecule has 41 heavy (non-hydrogen) atoms. The fourth-order valence-corrected chi connectivity index (χ4v) is 4.77. The molecule has 5 rings (SSSR count). The molecule has 2 aromatic carbocycles. The van der Waals surface area contributed by atoms with E-state index in [-0.39, 0.29) is 11.1 Å². The lowest BCUT2D eigenvalue weighted by atomic mass is 9.97. The van der Waals surface area contributed by atoms with E-state index in [1.807, 2.05) is 18.2 Å². The fraction of sp³-hybridized carbons (Fsp3) is 0.393. The summed E-state index contributed by atoms with van der Waals surface area (Å²) in [5.41, 5.74) is 2.02. The van der Waals surface area contributed by atoms with Crippen LogP contribution in [0.4, 0.5) is 5.69 Å². The van der Waals surface area contributed by atoms with E-state index in [0.29, 0.717) is 16.5 Å². The third-order valence-corrected chi connectivity index (χ3v) is 6.99. The smallest absolute Gasteiger partial charge is 0.270 e. The molecule has 0 aliphatic carbocycles. The normalized spacial score (nSPS) is 22.3. The second kappa shape index (κ2) is 12.7. The molecule has 0 bridgehead atoms. The number of nitrogens with zero attached hydrogens (tertiary/aromatic N) is 1. The Kier molecular flexibility index (Phi) is 9.25. The van der Waals surface area contributed by atoms with E-state index in [1.54, 1.807) is 18.2 Å². The molecule has 13 heteroatoms. The number of aliphatic hydroxyl groups excluding tert-OH is 4. The van der Waals surface area contributed by atoms with Crippen molar-refractivity contribution in [2.24, 2.45) is 0 Å². The molecular formula is C28H34N4O9. The number of amides is 1. The number of nitrogens with one attached hydrogen (secondary N) is 3. The minimum Gasteiger partial charge on any atom is -0.456 e. The second-order valence-electron chi connectivity index (χ2n) is 9.63. The third-order valence-electron chi connectivity index (χ3n) is 6.99. The summed E-state index contributed by atoms with van der Waals surface area (Å²) in [6.45, 7) is 6.78. The summed E-state index contributed by atoms with van der Waals surface area (Å²) in [5, 5.41) is 45.8. The van der Waals surface area contributed by atoms with Gasteiger partial charge in [0.15, 0.2) is 6.29 Å². The Morgan fingerprint density at radius 1 is 0.951 bits per heavy atom. The molecule has 4 aromatic rings. The summed E-state index contributed by atoms with van der Waals surface area (Å²) < 4.78 is 10.8. The number of fused-ring (bicyclic) bond motifs is 2. The highest BCUT2D eigenvalue weighted by Gasteiger charge is 2.43. The highest BCUT2D eigenvalue weighted by atomic mass is 16.6. The van der Waals surface area contributed by atoms with E-state index in [0.717, 1.165) is 35.3 Å². The first-order valence-corrected chi connectivity index (χ1v) is 13.2. The van der Waals surface area contributed by atoms with E-state index in [1.165, 1.54) is 6.92 Å². The molecule has 1 saturated heterocycles. The Labute approximate surface area is 234 Å². The summed E-state index contributed by atoms with van der Waals surface area (Å²) >= 11 is 0. The maximum absolute atomic E-state index is 12.0. The van der Waals surface area contributed by atoms with Gasteiger partial charge in [-0.2, -0.15) is 0 Å². The van der Waals surface area contributed by atoms with E-state index < -0.39 is 43.2 Å². The van der Waals surface area contributed by atoms with Crippen molar-refractivity contribution in [3.8, 4) is 11.3 Å². The number of carbonyl (C=O) groups excluding carboxylic acids is 1. The van der Waals surface area contributed by atoms with Crippen molar-refractivity contribution in [1.82, 2.24) is 15.5 Å². The lowest BCUT2D eigenvalue weighted by Gasteiger charge is -2.40. The van der Waals surface area contributed by atoms with Gasteiger partial charge in [-0.3, -0.25) is 24.6 Å². The zero-order chi connectivity index (χ0) is 29.8. The van der Waals surface area contributed by atoms with Gasteiger partial charge in [-0.25, -0.2) is 0 Å². The molecule has 0 spiro atoms. The highest BCUT2D eigenvalue weighted by Crippen LogP contribution is 2.31. The highest BCUT2D eigenvalue weighted by molar-refractivity contribution is 5.89. The van der Waals surface area contributed by atoms with Gasteiger partial charge in [0.1, 0.15) is 35.7 Å². The van der Waals surface area contributed by atoms with Crippen LogP contribution in [0.15, 0.2) is 56.5 Å². The maximum atomic E-state index is 12.0. The van der Waals surface area contributed by atoms with Gasteiger partial charge in [0.05, 0.1) is 17.4 Å². The molecule has 1 aliphatic rings. The number of ether oxygens (including phenoxy) is 1. The van der Waals surface area contributed by atoms with Crippen LogP contribution >= 0.6 is 0 Å². The molecule has 7 N–H and O–H groups in total. The first-order chi connectivity index (χ1) is 19.6. The third kappa shape index (κ3) is 6.34. The van der Waals surface area contributed by atoms with E-state index in [4.69, 9.17) is 14.3 Å². The van der Waals surface area contributed by atoms with Crippen molar-refractivity contribution in [3.05, 3.63) is 63.2 Å². The maximum Gasteiger partial charge on any atom is 0.270 e. The monoisotopic (exact) mass is 570 g/mol. The number of aliphatic hydroxyl groups is 4. The SMILES string of the molecule is CC(=O)N[C@@H]1[C@@H](O)[C@H](O)[C@@H](CO)O[C@H]1O.CCN(CC)c1ccc2cc(-c3ccc4c(=O)[nH][nH]c(=O)c4c3)oc2c1. The van der Waals surface area contributed by atoms with Gasteiger partial charge in [-0.1, -0.05) is 6.07 Å². The predicted molar refractivity (Wildman–Crippen MR) is 152 cm³/mol. The topological polar surface area (TPSA) is 201 Å². The number of hydrogen-bond acceptors (Lipinski definition) is 10. The van der Waals surface area contributed by atoms with Crippen molar-refractivity contribution in [2.45, 2.75) is 51.4 Å². The molecule has 0 saturated carbocycles. The van der Waals surface area contributed by atoms with Gasteiger partial charge in [-0.05, 0) is 44.2 Å². The average Bonchev–Trinajstić information content (AvgIpc) is 3.39. The predicted octanol–water partition coefficient (Wildman–Crippen LogP) is 0.398. The van der Waals surface area contributed by atoms with Crippen LogP contribution in [0.3, 0.4) is 0 Å². The average molecular weight is 571 g/mol. The molecule has 220 valence electrons. The zero-order valence-electron chi connectivity index (χ0n) is 22.8. The molecule has 0 unspecified atom stereocenters. The Morgan fingerprint density at radius 3 is 2.27 bits per heavy atom. The Morgan fingerprint density at radius 2 is 1.63 bits per heavy atom. The number of H-pyrrole nitrogens is 2. The van der Waals surface area contributed by atoms with Crippen molar-refractivity contribution < 1.29 is 34.4 Å². The van der Waals surface area contributed by atoms with Crippen molar-refractivity contribution in [2.75, 3.05) is 24.6 Å². The fourth-order valence-electron chi connectivity index (χ4n) is 4.77. The number of anilines is 1. The second-order valence-corrected chi connectivity index (χ2v) is 9.63. The zero-order valence-corrected chi connectivity index (χ0v) is 22.8. The van der Waals surface area contributed by atoms with Crippen LogP contribution in [0.1, 0.15) is 20.8 Å². The number of aromatic amines is 2. The van der Waals surface area contributed by atoms with E-state index in [2.05, 4.69) is 40.3 Å². The van der Waals surface area contributed by atoms with Gasteiger partial charge in [0.2, 0.25) is 5.91 Å². The van der Waals surface area contributed by atoms with Crippen LogP contribution in [-0.2, 0) is 9.53 Å². The molecule has 5 atom stereocenters. The molecule has 13 nitrogen and oxygen atoms in total. The van der Waals surface area contributed by atoms with Crippen LogP contribution in [0.5, 0.6) is 0 Å². The van der Waals surface area contributed by atoms with Crippen LogP contribution in [0.25, 0.3) is 33.1 Å². The number of benzene rings is 2. The lowest BCUT2D eigenvalue weighted by molar-refractivity contribution is -0.253. The molecule has 2 aromatic heterocycles.